The van der Waals surface area contributed by atoms with Crippen molar-refractivity contribution in [3.05, 3.63) is 49.2 Å². The van der Waals surface area contributed by atoms with E-state index in [0.717, 1.165) is 12.8 Å². The van der Waals surface area contributed by atoms with Crippen LogP contribution >= 0.6 is 0 Å². The van der Waals surface area contributed by atoms with Crippen LogP contribution in [0.5, 0.6) is 0 Å². The van der Waals surface area contributed by atoms with Crippen molar-refractivity contribution in [3.8, 4) is 0 Å². The molecular formula is C17H21N3O3. The zero-order chi connectivity index (χ0) is 16.7. The van der Waals surface area contributed by atoms with Gasteiger partial charge in [0.1, 0.15) is 17.9 Å². The van der Waals surface area contributed by atoms with Crippen molar-refractivity contribution in [2.45, 2.75) is 12.8 Å². The van der Waals surface area contributed by atoms with Crippen LogP contribution in [0.4, 0.5) is 5.82 Å². The molecule has 1 saturated heterocycles. The lowest BCUT2D eigenvalue weighted by molar-refractivity contribution is -0.122. The van der Waals surface area contributed by atoms with E-state index in [-0.39, 0.29) is 11.8 Å². The van der Waals surface area contributed by atoms with Crippen LogP contribution in [0.2, 0.25) is 0 Å². The molecule has 122 valence electrons. The number of anilines is 1. The first-order valence-corrected chi connectivity index (χ1v) is 7.42. The maximum absolute atomic E-state index is 12.3. The molecule has 0 aromatic carbocycles. The van der Waals surface area contributed by atoms with Crippen molar-refractivity contribution < 1.29 is 14.3 Å². The highest BCUT2D eigenvalue weighted by molar-refractivity contribution is 5.92. The molecule has 0 spiro atoms. The number of nitrogens with one attached hydrogen (secondary N) is 1. The number of nitrogens with zero attached hydrogens (tertiary/aromatic N) is 2. The third-order valence-electron chi connectivity index (χ3n) is 3.62. The number of amides is 1. The van der Waals surface area contributed by atoms with Crippen molar-refractivity contribution in [1.82, 2.24) is 9.97 Å². The van der Waals surface area contributed by atoms with Crippen molar-refractivity contribution in [2.24, 2.45) is 5.92 Å². The standard InChI is InChI=1S/C17H21N3O3/c1-4-5-14(12(2)22-3)15-10-16(19-11-18-15)20-17(21)13-6-8-23-9-7-13/h4-5,10-11,13H,1-2,6-9H2,3H3,(H,18,19,20,21)/b14-5+. The highest BCUT2D eigenvalue weighted by Gasteiger charge is 2.22. The smallest absolute Gasteiger partial charge is 0.228 e. The third kappa shape index (κ3) is 4.50. The lowest BCUT2D eigenvalue weighted by atomic mass is 9.99. The van der Waals surface area contributed by atoms with E-state index in [4.69, 9.17) is 9.47 Å². The fourth-order valence-electron chi connectivity index (χ4n) is 2.31. The van der Waals surface area contributed by atoms with Gasteiger partial charge in [0.2, 0.25) is 5.91 Å². The Bertz CT molecular complexity index is 619. The SMILES string of the molecule is C=C/C=C(\C(=C)OC)c1cc(NC(=O)C2CCOCC2)ncn1. The normalized spacial score (nSPS) is 15.8. The number of allylic oxidation sites excluding steroid dienone is 3. The average molecular weight is 315 g/mol. The molecule has 6 heteroatoms. The van der Waals surface area contributed by atoms with E-state index in [1.54, 1.807) is 18.2 Å². The van der Waals surface area contributed by atoms with Crippen LogP contribution in [0.25, 0.3) is 5.57 Å². The lowest BCUT2D eigenvalue weighted by Crippen LogP contribution is -2.28. The Morgan fingerprint density at radius 1 is 1.43 bits per heavy atom. The summed E-state index contributed by atoms with van der Waals surface area (Å²) in [4.78, 5) is 20.6. The lowest BCUT2D eigenvalue weighted by Gasteiger charge is -2.21. The fourth-order valence-corrected chi connectivity index (χ4v) is 2.31. The van der Waals surface area contributed by atoms with Crippen LogP contribution in [0.1, 0.15) is 18.5 Å². The number of methoxy groups -OCH3 is 1. The van der Waals surface area contributed by atoms with Crippen molar-refractivity contribution in [1.29, 1.82) is 0 Å². The Balaban J connectivity index is 2.15. The van der Waals surface area contributed by atoms with Crippen molar-refractivity contribution in [3.63, 3.8) is 0 Å². The largest absolute Gasteiger partial charge is 0.497 e. The third-order valence-corrected chi connectivity index (χ3v) is 3.62. The van der Waals surface area contributed by atoms with Crippen LogP contribution in [-0.4, -0.2) is 36.2 Å². The predicted octanol–water partition coefficient (Wildman–Crippen LogP) is 2.57. The Labute approximate surface area is 135 Å². The van der Waals surface area contributed by atoms with Crippen LogP contribution < -0.4 is 5.32 Å². The second-order valence-corrected chi connectivity index (χ2v) is 5.11. The van der Waals surface area contributed by atoms with Gasteiger partial charge in [-0.2, -0.15) is 0 Å². The van der Waals surface area contributed by atoms with Gasteiger partial charge in [-0.3, -0.25) is 4.79 Å². The Morgan fingerprint density at radius 3 is 2.83 bits per heavy atom. The summed E-state index contributed by atoms with van der Waals surface area (Å²) in [6, 6.07) is 1.69. The van der Waals surface area contributed by atoms with E-state index in [1.165, 1.54) is 13.4 Å². The number of carbonyl (C=O) groups is 1. The summed E-state index contributed by atoms with van der Waals surface area (Å²) in [7, 11) is 1.54. The minimum atomic E-state index is -0.0437. The zero-order valence-electron chi connectivity index (χ0n) is 13.2. The molecule has 1 N–H and O–H groups in total. The average Bonchev–Trinajstić information content (AvgIpc) is 2.60. The molecule has 0 unspecified atom stereocenters. The van der Waals surface area contributed by atoms with Gasteiger partial charge in [-0.05, 0) is 18.9 Å². The Hall–Kier alpha value is -2.47. The molecule has 1 aliphatic heterocycles. The molecule has 0 bridgehead atoms. The van der Waals surface area contributed by atoms with E-state index in [1.807, 2.05) is 0 Å². The number of rotatable bonds is 6. The summed E-state index contributed by atoms with van der Waals surface area (Å²) >= 11 is 0. The molecule has 1 aliphatic rings. The van der Waals surface area contributed by atoms with Gasteiger partial charge < -0.3 is 14.8 Å². The summed E-state index contributed by atoms with van der Waals surface area (Å²) in [6.45, 7) is 8.75. The number of hydrogen-bond donors (Lipinski definition) is 1. The number of hydrogen-bond acceptors (Lipinski definition) is 5. The van der Waals surface area contributed by atoms with Crippen molar-refractivity contribution in [2.75, 3.05) is 25.6 Å². The highest BCUT2D eigenvalue weighted by Crippen LogP contribution is 2.23. The monoisotopic (exact) mass is 315 g/mol. The molecule has 6 nitrogen and oxygen atoms in total. The number of carbonyl (C=O) groups excluding carboxylic acids is 1. The van der Waals surface area contributed by atoms with Gasteiger partial charge in [0.25, 0.3) is 0 Å². The van der Waals surface area contributed by atoms with Gasteiger partial charge in [-0.15, -0.1) is 0 Å². The van der Waals surface area contributed by atoms with Gasteiger partial charge in [-0.1, -0.05) is 19.2 Å². The topological polar surface area (TPSA) is 73.3 Å². The predicted molar refractivity (Wildman–Crippen MR) is 88.5 cm³/mol. The van der Waals surface area contributed by atoms with Crippen LogP contribution in [0.15, 0.2) is 43.5 Å². The Kier molecular flexibility index (Phi) is 6.05. The molecule has 0 atom stereocenters. The zero-order valence-corrected chi connectivity index (χ0v) is 13.2. The van der Waals surface area contributed by atoms with Crippen LogP contribution in [-0.2, 0) is 14.3 Å². The van der Waals surface area contributed by atoms with Gasteiger partial charge in [-0.25, -0.2) is 9.97 Å². The van der Waals surface area contributed by atoms with E-state index in [2.05, 4.69) is 28.4 Å². The van der Waals surface area contributed by atoms with E-state index < -0.39 is 0 Å². The van der Waals surface area contributed by atoms with Gasteiger partial charge in [0.15, 0.2) is 0 Å². The molecule has 1 fully saturated rings. The van der Waals surface area contributed by atoms with E-state index in [0.29, 0.717) is 36.1 Å². The molecule has 1 aromatic rings. The quantitative estimate of drug-likeness (QED) is 0.645. The summed E-state index contributed by atoms with van der Waals surface area (Å²) < 4.78 is 10.4. The molecular weight excluding hydrogens is 294 g/mol. The highest BCUT2D eigenvalue weighted by atomic mass is 16.5. The molecule has 0 aliphatic carbocycles. The molecule has 2 rings (SSSR count). The maximum Gasteiger partial charge on any atom is 0.228 e. The van der Waals surface area contributed by atoms with Gasteiger partial charge >= 0.3 is 0 Å². The first kappa shape index (κ1) is 16.9. The molecule has 0 saturated carbocycles. The molecule has 1 amide bonds. The number of aromatic nitrogens is 2. The van der Waals surface area contributed by atoms with Crippen LogP contribution in [0.3, 0.4) is 0 Å². The summed E-state index contributed by atoms with van der Waals surface area (Å²) in [5.41, 5.74) is 1.29. The maximum atomic E-state index is 12.3. The first-order chi connectivity index (χ1) is 11.2. The van der Waals surface area contributed by atoms with Crippen molar-refractivity contribution >= 4 is 17.3 Å². The second-order valence-electron chi connectivity index (χ2n) is 5.11. The summed E-state index contributed by atoms with van der Waals surface area (Å²) in [6.07, 6.45) is 6.23. The van der Waals surface area contributed by atoms with Gasteiger partial charge in [0.05, 0.1) is 12.8 Å². The molecule has 0 radical (unpaired) electrons. The fraction of sp³-hybridized carbons (Fsp3) is 0.353. The molecule has 23 heavy (non-hydrogen) atoms. The van der Waals surface area contributed by atoms with Gasteiger partial charge in [0, 0.05) is 30.8 Å². The summed E-state index contributed by atoms with van der Waals surface area (Å²) in [5, 5.41) is 2.84. The summed E-state index contributed by atoms with van der Waals surface area (Å²) in [5.74, 6) is 0.827. The first-order valence-electron chi connectivity index (χ1n) is 7.42. The minimum absolute atomic E-state index is 0.0423. The minimum Gasteiger partial charge on any atom is -0.497 e. The second kappa shape index (κ2) is 8.24. The number of ether oxygens (including phenoxy) is 2. The Morgan fingerprint density at radius 2 is 2.17 bits per heavy atom. The molecule has 2 heterocycles. The van der Waals surface area contributed by atoms with E-state index in [9.17, 15) is 4.79 Å². The molecule has 1 aromatic heterocycles. The van der Waals surface area contributed by atoms with E-state index >= 15 is 0 Å². The van der Waals surface area contributed by atoms with Crippen LogP contribution in [0, 0.1) is 5.92 Å².